The number of hydrogen-bond acceptors (Lipinski definition) is 3. The number of hydrogen-bond donors (Lipinski definition) is 0. The second-order valence-corrected chi connectivity index (χ2v) is 3.16. The van der Waals surface area contributed by atoms with Gasteiger partial charge in [-0.1, -0.05) is 18.2 Å². The smallest absolute Gasteiger partial charge is 0.270 e. The fourth-order valence-electron chi connectivity index (χ4n) is 1.33. The zero-order valence-electron chi connectivity index (χ0n) is 9.92. The third-order valence-corrected chi connectivity index (χ3v) is 2.08. The van der Waals surface area contributed by atoms with Gasteiger partial charge in [-0.15, -0.1) is 0 Å². The number of carbonyl (C=O) groups is 1. The highest BCUT2D eigenvalue weighted by Gasteiger charge is 2.22. The predicted molar refractivity (Wildman–Crippen MR) is 64.0 cm³/mol. The quantitative estimate of drug-likeness (QED) is 0.579. The summed E-state index contributed by atoms with van der Waals surface area (Å²) in [5.41, 5.74) is 0.464. The molecular formula is C12H15N2O3. The minimum Gasteiger partial charge on any atom is -0.270 e. The first-order valence-corrected chi connectivity index (χ1v) is 5.42. The van der Waals surface area contributed by atoms with Gasteiger partial charge >= 0.3 is 12.4 Å². The highest BCUT2D eigenvalue weighted by Crippen LogP contribution is 2.13. The van der Waals surface area contributed by atoms with Gasteiger partial charge in [0, 0.05) is 6.54 Å². The molecule has 1 radical (unpaired) electrons. The summed E-state index contributed by atoms with van der Waals surface area (Å²) in [6.07, 6.45) is 1.60. The molecule has 3 amide bonds. The van der Waals surface area contributed by atoms with E-state index in [1.54, 1.807) is 50.6 Å². The molecule has 91 valence electrons. The molecule has 5 nitrogen and oxygen atoms in total. The fraction of sp³-hybridized carbons (Fsp3) is 0.333. The van der Waals surface area contributed by atoms with Crippen LogP contribution in [0.2, 0.25) is 0 Å². The molecule has 0 saturated carbocycles. The zero-order chi connectivity index (χ0) is 12.7. The van der Waals surface area contributed by atoms with Crippen LogP contribution in [-0.4, -0.2) is 30.7 Å². The number of amides is 3. The lowest BCUT2D eigenvalue weighted by molar-refractivity contribution is -0.105. The number of nitrogens with zero attached hydrogens (tertiary/aromatic N) is 2. The molecule has 0 aliphatic rings. The Kier molecular flexibility index (Phi) is 5.16. The maximum absolute atomic E-state index is 12.0. The molecule has 0 heterocycles. The molecule has 0 bridgehead atoms. The number of benzene rings is 1. The molecule has 17 heavy (non-hydrogen) atoms. The van der Waals surface area contributed by atoms with E-state index in [1.165, 1.54) is 0 Å². The number of anilines is 1. The molecule has 0 fully saturated rings. The van der Waals surface area contributed by atoms with Crippen molar-refractivity contribution in [2.24, 2.45) is 0 Å². The Hall–Kier alpha value is -1.88. The van der Waals surface area contributed by atoms with Gasteiger partial charge < -0.3 is 0 Å². The van der Waals surface area contributed by atoms with E-state index >= 15 is 0 Å². The average molecular weight is 235 g/mol. The average Bonchev–Trinajstić information content (AvgIpc) is 2.38. The van der Waals surface area contributed by atoms with Crippen LogP contribution in [0.4, 0.5) is 10.5 Å². The topological polar surface area (TPSA) is 49.9 Å². The summed E-state index contributed by atoms with van der Waals surface area (Å²) in [6, 6.07) is 8.05. The van der Waals surface area contributed by atoms with Crippen molar-refractivity contribution in [3.05, 3.63) is 30.3 Å². The Bertz CT molecular complexity index is 367. The summed E-state index contributed by atoms with van der Waals surface area (Å²) in [6.45, 7) is 4.26. The molecule has 5 heteroatoms. The molecule has 0 aromatic heterocycles. The number of hydroxylamine groups is 2. The standard InChI is InChI=1S/C12H15N2O3/c1-3-14(17-4-2)12(16)13(10-15)11-8-6-5-7-9-11/h5-9H,3-4H2,1-2H3. The van der Waals surface area contributed by atoms with Crippen molar-refractivity contribution in [3.8, 4) is 0 Å². The van der Waals surface area contributed by atoms with Crippen molar-refractivity contribution in [1.29, 1.82) is 0 Å². The summed E-state index contributed by atoms with van der Waals surface area (Å²) in [4.78, 5) is 28.8. The van der Waals surface area contributed by atoms with Gasteiger partial charge in [-0.3, -0.25) is 9.63 Å². The first kappa shape index (κ1) is 13.2. The van der Waals surface area contributed by atoms with Gasteiger partial charge in [-0.2, -0.15) is 0 Å². The second-order valence-electron chi connectivity index (χ2n) is 3.16. The first-order chi connectivity index (χ1) is 8.24. The van der Waals surface area contributed by atoms with E-state index < -0.39 is 6.03 Å². The van der Waals surface area contributed by atoms with Gasteiger partial charge in [0.05, 0.1) is 12.3 Å². The number of urea groups is 1. The lowest BCUT2D eigenvalue weighted by Gasteiger charge is -2.24. The van der Waals surface area contributed by atoms with Crippen LogP contribution in [0.15, 0.2) is 30.3 Å². The fourth-order valence-corrected chi connectivity index (χ4v) is 1.33. The van der Waals surface area contributed by atoms with Gasteiger partial charge in [0.25, 0.3) is 0 Å². The van der Waals surface area contributed by atoms with Gasteiger partial charge in [0.2, 0.25) is 0 Å². The Morgan fingerprint density at radius 1 is 1.29 bits per heavy atom. The molecule has 0 atom stereocenters. The Morgan fingerprint density at radius 3 is 2.41 bits per heavy atom. The number of imide groups is 1. The second kappa shape index (κ2) is 6.65. The normalized spacial score (nSPS) is 9.76. The van der Waals surface area contributed by atoms with E-state index in [9.17, 15) is 9.59 Å². The molecule has 1 rings (SSSR count). The Morgan fingerprint density at radius 2 is 1.94 bits per heavy atom. The highest BCUT2D eigenvalue weighted by molar-refractivity contribution is 6.05. The number of rotatable bonds is 5. The van der Waals surface area contributed by atoms with E-state index in [0.29, 0.717) is 18.8 Å². The van der Waals surface area contributed by atoms with Gasteiger partial charge in [-0.25, -0.2) is 14.8 Å². The van der Waals surface area contributed by atoms with Crippen LogP contribution >= 0.6 is 0 Å². The zero-order valence-corrected chi connectivity index (χ0v) is 9.92. The lowest BCUT2D eigenvalue weighted by Crippen LogP contribution is -2.42. The van der Waals surface area contributed by atoms with Crippen LogP contribution in [0.5, 0.6) is 0 Å². The Labute approximate surface area is 101 Å². The third kappa shape index (κ3) is 3.29. The van der Waals surface area contributed by atoms with Crippen molar-refractivity contribution in [2.75, 3.05) is 18.1 Å². The molecule has 0 saturated heterocycles. The summed E-state index contributed by atoms with van der Waals surface area (Å²) in [7, 11) is 0. The SMILES string of the molecule is CCON(CC)C(=O)N([C]=O)c1ccccc1. The van der Waals surface area contributed by atoms with Crippen LogP contribution in [0.3, 0.4) is 0 Å². The van der Waals surface area contributed by atoms with Crippen molar-refractivity contribution in [2.45, 2.75) is 13.8 Å². The molecular weight excluding hydrogens is 220 g/mol. The van der Waals surface area contributed by atoms with Crippen molar-refractivity contribution in [3.63, 3.8) is 0 Å². The van der Waals surface area contributed by atoms with Crippen molar-refractivity contribution in [1.82, 2.24) is 5.06 Å². The molecule has 0 unspecified atom stereocenters. The van der Waals surface area contributed by atoms with Crippen LogP contribution in [-0.2, 0) is 9.63 Å². The minimum atomic E-state index is -0.546. The van der Waals surface area contributed by atoms with Gasteiger partial charge in [-0.05, 0) is 26.0 Å². The summed E-state index contributed by atoms with van der Waals surface area (Å²) in [5, 5.41) is 1.12. The monoisotopic (exact) mass is 235 g/mol. The lowest BCUT2D eigenvalue weighted by atomic mass is 10.3. The predicted octanol–water partition coefficient (Wildman–Crippen LogP) is 1.95. The number of para-hydroxylation sites is 1. The van der Waals surface area contributed by atoms with Crippen LogP contribution in [0.25, 0.3) is 0 Å². The molecule has 1 aromatic rings. The van der Waals surface area contributed by atoms with Gasteiger partial charge in [0.15, 0.2) is 0 Å². The molecule has 0 spiro atoms. The van der Waals surface area contributed by atoms with Crippen molar-refractivity contribution >= 4 is 18.1 Å². The minimum absolute atomic E-state index is 0.359. The summed E-state index contributed by atoms with van der Waals surface area (Å²) >= 11 is 0. The molecule has 0 aliphatic carbocycles. The van der Waals surface area contributed by atoms with E-state index in [2.05, 4.69) is 0 Å². The van der Waals surface area contributed by atoms with E-state index in [0.717, 1.165) is 9.96 Å². The summed E-state index contributed by atoms with van der Waals surface area (Å²) < 4.78 is 0. The first-order valence-electron chi connectivity index (χ1n) is 5.42. The highest BCUT2D eigenvalue weighted by atomic mass is 16.7. The van der Waals surface area contributed by atoms with Crippen LogP contribution in [0.1, 0.15) is 13.8 Å². The van der Waals surface area contributed by atoms with Crippen LogP contribution < -0.4 is 4.90 Å². The maximum Gasteiger partial charge on any atom is 0.355 e. The van der Waals surface area contributed by atoms with E-state index in [1.807, 2.05) is 0 Å². The molecule has 0 N–H and O–H groups in total. The number of carbonyl (C=O) groups excluding carboxylic acids is 2. The Balaban J connectivity index is 2.87. The largest absolute Gasteiger partial charge is 0.355 e. The maximum atomic E-state index is 12.0. The van der Waals surface area contributed by atoms with Crippen molar-refractivity contribution < 1.29 is 14.4 Å². The molecule has 0 aliphatic heterocycles. The van der Waals surface area contributed by atoms with Gasteiger partial charge in [0.1, 0.15) is 0 Å². The van der Waals surface area contributed by atoms with E-state index in [-0.39, 0.29) is 0 Å². The summed E-state index contributed by atoms with van der Waals surface area (Å²) in [5.74, 6) is 0. The molecule has 1 aromatic carbocycles. The third-order valence-electron chi connectivity index (χ3n) is 2.08. The van der Waals surface area contributed by atoms with Crippen LogP contribution in [0, 0.1) is 0 Å². The van der Waals surface area contributed by atoms with E-state index in [4.69, 9.17) is 4.84 Å².